The summed E-state index contributed by atoms with van der Waals surface area (Å²) < 4.78 is 0. The number of hydrogen-bond donors (Lipinski definition) is 2. The van der Waals surface area contributed by atoms with Crippen LogP contribution < -0.4 is 11.1 Å². The fourth-order valence-electron chi connectivity index (χ4n) is 1.07. The Balaban J connectivity index is 3.36. The van der Waals surface area contributed by atoms with Gasteiger partial charge in [-0.1, -0.05) is 0 Å². The molecule has 14 heavy (non-hydrogen) atoms. The van der Waals surface area contributed by atoms with E-state index in [2.05, 4.69) is 5.32 Å². The maximum atomic E-state index is 11.0. The molecule has 0 aliphatic rings. The molecular formula is C8H7N3O2S. The normalized spacial score (nSPS) is 9.14. The van der Waals surface area contributed by atoms with Crippen molar-refractivity contribution >= 4 is 28.7 Å². The van der Waals surface area contributed by atoms with Gasteiger partial charge in [0.15, 0.2) is 0 Å². The zero-order valence-corrected chi connectivity index (χ0v) is 8.14. The summed E-state index contributed by atoms with van der Waals surface area (Å²) in [4.78, 5) is 21.6. The third-order valence-corrected chi connectivity index (χ3v) is 2.81. The van der Waals surface area contributed by atoms with Crippen molar-refractivity contribution in [1.29, 1.82) is 5.26 Å². The SMILES string of the molecule is Cc1c(C#N)sc(NC=O)c1C(N)=O. The van der Waals surface area contributed by atoms with Crippen molar-refractivity contribution < 1.29 is 9.59 Å². The number of nitrogens with one attached hydrogen (secondary N) is 1. The summed E-state index contributed by atoms with van der Waals surface area (Å²) in [7, 11) is 0. The first kappa shape index (κ1) is 10.2. The molecule has 72 valence electrons. The smallest absolute Gasteiger partial charge is 0.252 e. The summed E-state index contributed by atoms with van der Waals surface area (Å²) in [5.41, 5.74) is 5.83. The Morgan fingerprint density at radius 3 is 2.79 bits per heavy atom. The fraction of sp³-hybridized carbons (Fsp3) is 0.125. The zero-order chi connectivity index (χ0) is 10.7. The van der Waals surface area contributed by atoms with Crippen LogP contribution in [0.3, 0.4) is 0 Å². The molecule has 0 aliphatic heterocycles. The van der Waals surface area contributed by atoms with Crippen molar-refractivity contribution in [1.82, 2.24) is 0 Å². The second-order valence-corrected chi connectivity index (χ2v) is 3.52. The first-order valence-electron chi connectivity index (χ1n) is 3.65. The summed E-state index contributed by atoms with van der Waals surface area (Å²) in [6, 6.07) is 1.92. The average Bonchev–Trinajstić information content (AvgIpc) is 2.43. The molecule has 2 amide bonds. The first-order valence-corrected chi connectivity index (χ1v) is 4.47. The van der Waals surface area contributed by atoms with E-state index in [0.717, 1.165) is 11.3 Å². The molecule has 0 radical (unpaired) electrons. The van der Waals surface area contributed by atoms with Crippen LogP contribution in [0.5, 0.6) is 0 Å². The minimum atomic E-state index is -0.649. The van der Waals surface area contributed by atoms with Gasteiger partial charge in [0.05, 0.1) is 5.56 Å². The Hall–Kier alpha value is -1.87. The molecule has 1 heterocycles. The number of rotatable bonds is 3. The van der Waals surface area contributed by atoms with Gasteiger partial charge in [-0.05, 0) is 12.5 Å². The number of thiophene rings is 1. The number of anilines is 1. The van der Waals surface area contributed by atoms with E-state index in [-0.39, 0.29) is 5.56 Å². The van der Waals surface area contributed by atoms with Crippen LogP contribution in [0.1, 0.15) is 20.8 Å². The van der Waals surface area contributed by atoms with Gasteiger partial charge in [-0.15, -0.1) is 11.3 Å². The molecule has 5 nitrogen and oxygen atoms in total. The molecule has 1 aromatic rings. The lowest BCUT2D eigenvalue weighted by Crippen LogP contribution is -2.13. The van der Waals surface area contributed by atoms with Gasteiger partial charge in [0, 0.05) is 0 Å². The van der Waals surface area contributed by atoms with Crippen LogP contribution in [0.25, 0.3) is 0 Å². The molecule has 0 unspecified atom stereocenters. The van der Waals surface area contributed by atoms with Crippen LogP contribution in [0.4, 0.5) is 5.00 Å². The number of carbonyl (C=O) groups excluding carboxylic acids is 2. The number of primary amides is 1. The molecule has 6 heteroatoms. The van der Waals surface area contributed by atoms with Crippen molar-refractivity contribution in [3.05, 3.63) is 16.0 Å². The van der Waals surface area contributed by atoms with Gasteiger partial charge in [-0.2, -0.15) is 5.26 Å². The number of nitrogens with zero attached hydrogens (tertiary/aromatic N) is 1. The Kier molecular flexibility index (Phi) is 2.84. The van der Waals surface area contributed by atoms with Crippen LogP contribution >= 0.6 is 11.3 Å². The van der Waals surface area contributed by atoms with Crippen molar-refractivity contribution in [2.75, 3.05) is 5.32 Å². The first-order chi connectivity index (χ1) is 6.61. The Morgan fingerprint density at radius 2 is 2.36 bits per heavy atom. The van der Waals surface area contributed by atoms with Crippen LogP contribution in [0, 0.1) is 18.3 Å². The highest BCUT2D eigenvalue weighted by atomic mass is 32.1. The zero-order valence-electron chi connectivity index (χ0n) is 7.33. The lowest BCUT2D eigenvalue weighted by Gasteiger charge is -1.97. The van der Waals surface area contributed by atoms with E-state index >= 15 is 0 Å². The van der Waals surface area contributed by atoms with E-state index in [4.69, 9.17) is 11.0 Å². The number of nitriles is 1. The van der Waals surface area contributed by atoms with E-state index in [0.29, 0.717) is 21.9 Å². The number of nitrogens with two attached hydrogens (primary N) is 1. The van der Waals surface area contributed by atoms with Crippen molar-refractivity contribution in [3.8, 4) is 6.07 Å². The average molecular weight is 209 g/mol. The second kappa shape index (κ2) is 3.89. The van der Waals surface area contributed by atoms with E-state index in [9.17, 15) is 9.59 Å². The minimum Gasteiger partial charge on any atom is -0.365 e. The molecule has 0 spiro atoms. The third-order valence-electron chi connectivity index (χ3n) is 1.68. The van der Waals surface area contributed by atoms with Gasteiger partial charge in [-0.25, -0.2) is 0 Å². The van der Waals surface area contributed by atoms with Crippen molar-refractivity contribution in [2.45, 2.75) is 6.92 Å². The Bertz CT molecular complexity index is 431. The molecule has 1 aromatic heterocycles. The Labute approximate surface area is 84.1 Å². The lowest BCUT2D eigenvalue weighted by atomic mass is 10.1. The summed E-state index contributed by atoms with van der Waals surface area (Å²) in [6.45, 7) is 1.62. The van der Waals surface area contributed by atoms with Gasteiger partial charge in [0.1, 0.15) is 15.9 Å². The standard InChI is InChI=1S/C8H7N3O2S/c1-4-5(2-9)14-8(11-3-12)6(4)7(10)13/h3H,1H3,(H2,10,13)(H,11,12). The van der Waals surface area contributed by atoms with Gasteiger partial charge in [0.25, 0.3) is 5.91 Å². The maximum Gasteiger partial charge on any atom is 0.252 e. The molecule has 0 bridgehead atoms. The molecule has 3 N–H and O–H groups in total. The van der Waals surface area contributed by atoms with Crippen molar-refractivity contribution in [2.24, 2.45) is 5.73 Å². The number of hydrogen-bond acceptors (Lipinski definition) is 4. The molecule has 0 saturated heterocycles. The molecule has 0 saturated carbocycles. The van der Waals surface area contributed by atoms with Crippen LogP contribution in [-0.2, 0) is 4.79 Å². The molecule has 0 aliphatic carbocycles. The van der Waals surface area contributed by atoms with E-state index in [1.54, 1.807) is 6.92 Å². The highest BCUT2D eigenvalue weighted by Gasteiger charge is 2.18. The topological polar surface area (TPSA) is 96.0 Å². The molecule has 1 rings (SSSR count). The summed E-state index contributed by atoms with van der Waals surface area (Å²) in [5, 5.41) is 11.4. The van der Waals surface area contributed by atoms with E-state index < -0.39 is 5.91 Å². The van der Waals surface area contributed by atoms with Crippen molar-refractivity contribution in [3.63, 3.8) is 0 Å². The second-order valence-electron chi connectivity index (χ2n) is 2.50. The predicted molar refractivity (Wildman–Crippen MR) is 52.0 cm³/mol. The van der Waals surface area contributed by atoms with Gasteiger partial charge < -0.3 is 11.1 Å². The Morgan fingerprint density at radius 1 is 1.71 bits per heavy atom. The molecule has 0 aromatic carbocycles. The van der Waals surface area contributed by atoms with Crippen LogP contribution in [0.15, 0.2) is 0 Å². The van der Waals surface area contributed by atoms with E-state index in [1.807, 2.05) is 6.07 Å². The van der Waals surface area contributed by atoms with Crippen LogP contribution in [0.2, 0.25) is 0 Å². The third kappa shape index (κ3) is 1.58. The summed E-state index contributed by atoms with van der Waals surface area (Å²) >= 11 is 1.03. The fourth-order valence-corrected chi connectivity index (χ4v) is 2.04. The summed E-state index contributed by atoms with van der Waals surface area (Å²) in [6.07, 6.45) is 0.443. The molecular weight excluding hydrogens is 202 g/mol. The highest BCUT2D eigenvalue weighted by Crippen LogP contribution is 2.31. The summed E-state index contributed by atoms with van der Waals surface area (Å²) in [5.74, 6) is -0.649. The monoisotopic (exact) mass is 209 g/mol. The van der Waals surface area contributed by atoms with Gasteiger partial charge >= 0.3 is 0 Å². The van der Waals surface area contributed by atoms with E-state index in [1.165, 1.54) is 0 Å². The predicted octanol–water partition coefficient (Wildman–Crippen LogP) is 0.595. The maximum absolute atomic E-state index is 11.0. The number of amides is 2. The highest BCUT2D eigenvalue weighted by molar-refractivity contribution is 7.17. The van der Waals surface area contributed by atoms with Crippen LogP contribution in [-0.4, -0.2) is 12.3 Å². The minimum absolute atomic E-state index is 0.207. The van der Waals surface area contributed by atoms with Gasteiger partial charge in [0.2, 0.25) is 6.41 Å². The largest absolute Gasteiger partial charge is 0.365 e. The molecule has 0 fully saturated rings. The lowest BCUT2D eigenvalue weighted by molar-refractivity contribution is -0.105. The number of carbonyl (C=O) groups is 2. The quantitative estimate of drug-likeness (QED) is 0.713. The van der Waals surface area contributed by atoms with Gasteiger partial charge in [-0.3, -0.25) is 9.59 Å². The molecule has 0 atom stereocenters.